The van der Waals surface area contributed by atoms with Gasteiger partial charge in [-0.3, -0.25) is 0 Å². The molecule has 0 aromatic heterocycles. The van der Waals surface area contributed by atoms with Gasteiger partial charge in [-0.15, -0.1) is 0 Å². The Labute approximate surface area is 307 Å². The second-order valence-corrected chi connectivity index (χ2v) is 16.5. The van der Waals surface area contributed by atoms with Crippen molar-refractivity contribution in [1.29, 1.82) is 0 Å². The van der Waals surface area contributed by atoms with Gasteiger partial charge in [0.1, 0.15) is 0 Å². The molecule has 288 valence electrons. The van der Waals surface area contributed by atoms with Gasteiger partial charge in [0.2, 0.25) is 0 Å². The van der Waals surface area contributed by atoms with Gasteiger partial charge >= 0.3 is 0 Å². The Bertz CT molecular complexity index is 590. The molecule has 0 saturated carbocycles. The summed E-state index contributed by atoms with van der Waals surface area (Å²) in [6.45, 7) is 16.4. The topological polar surface area (TPSA) is 3.24 Å². The highest BCUT2D eigenvalue weighted by molar-refractivity contribution is 4.93. The second-order valence-electron chi connectivity index (χ2n) is 16.5. The van der Waals surface area contributed by atoms with E-state index in [-0.39, 0.29) is 0 Å². The van der Waals surface area contributed by atoms with Crippen LogP contribution in [0.4, 0.5) is 0 Å². The number of hydrogen-bond acceptors (Lipinski definition) is 1. The Morgan fingerprint density at radius 2 is 0.625 bits per heavy atom. The number of hydrogen-bond donors (Lipinski definition) is 0. The molecule has 0 fully saturated rings. The molecule has 0 aliphatic rings. The zero-order valence-corrected chi connectivity index (χ0v) is 34.7. The summed E-state index contributed by atoms with van der Waals surface area (Å²) in [4.78, 5) is 2.60. The van der Waals surface area contributed by atoms with Gasteiger partial charge in [0.05, 0.1) is 0 Å². The van der Waals surface area contributed by atoms with E-state index in [0.717, 1.165) is 11.8 Å². The summed E-state index contributed by atoms with van der Waals surface area (Å²) in [6, 6.07) is 0. The Hall–Kier alpha value is -0.300. The SMILES string of the molecule is C=C(CCCCCCCN(C)CCCCCCCCCCCCC(CCCCC)CCCCC)CCCC(CCCCC)CCCCC. The van der Waals surface area contributed by atoms with Crippen LogP contribution in [0.15, 0.2) is 12.2 Å². The molecule has 0 aromatic carbocycles. The van der Waals surface area contributed by atoms with Crippen molar-refractivity contribution < 1.29 is 0 Å². The molecule has 1 heteroatoms. The van der Waals surface area contributed by atoms with Gasteiger partial charge in [0.25, 0.3) is 0 Å². The van der Waals surface area contributed by atoms with Gasteiger partial charge in [-0.2, -0.15) is 0 Å². The summed E-state index contributed by atoms with van der Waals surface area (Å²) in [5, 5.41) is 0. The van der Waals surface area contributed by atoms with E-state index in [1.165, 1.54) is 250 Å². The van der Waals surface area contributed by atoms with Crippen LogP contribution in [0.2, 0.25) is 0 Å². The summed E-state index contributed by atoms with van der Waals surface area (Å²) in [5.41, 5.74) is 1.53. The third kappa shape index (κ3) is 35.5. The minimum absolute atomic E-state index is 0.978. The molecule has 0 heterocycles. The molecule has 1 nitrogen and oxygen atoms in total. The van der Waals surface area contributed by atoms with Crippen molar-refractivity contribution in [2.24, 2.45) is 11.8 Å². The van der Waals surface area contributed by atoms with Crippen molar-refractivity contribution in [1.82, 2.24) is 4.90 Å². The molecule has 0 rings (SSSR count). The van der Waals surface area contributed by atoms with Crippen molar-refractivity contribution in [2.75, 3.05) is 20.1 Å². The maximum atomic E-state index is 4.44. The van der Waals surface area contributed by atoms with E-state index < -0.39 is 0 Å². The van der Waals surface area contributed by atoms with Crippen LogP contribution in [0.5, 0.6) is 0 Å². The summed E-state index contributed by atoms with van der Waals surface area (Å²) in [7, 11) is 2.35. The van der Waals surface area contributed by atoms with E-state index in [9.17, 15) is 0 Å². The van der Waals surface area contributed by atoms with E-state index in [0.29, 0.717) is 0 Å². The van der Waals surface area contributed by atoms with Crippen molar-refractivity contribution >= 4 is 0 Å². The first-order valence-electron chi connectivity index (χ1n) is 22.9. The lowest BCUT2D eigenvalue weighted by atomic mass is 9.89. The molecule has 0 aliphatic heterocycles. The van der Waals surface area contributed by atoms with Crippen molar-refractivity contribution in [3.63, 3.8) is 0 Å². The van der Waals surface area contributed by atoms with E-state index in [2.05, 4.69) is 46.2 Å². The van der Waals surface area contributed by atoms with Crippen LogP contribution in [-0.4, -0.2) is 25.0 Å². The minimum Gasteiger partial charge on any atom is -0.306 e. The number of allylic oxidation sites excluding steroid dienone is 1. The van der Waals surface area contributed by atoms with Crippen molar-refractivity contribution in [2.45, 2.75) is 259 Å². The average Bonchev–Trinajstić information content (AvgIpc) is 3.08. The number of nitrogens with zero attached hydrogens (tertiary/aromatic N) is 1. The molecular formula is C47H95N. The smallest absolute Gasteiger partial charge is 0.00218 e. The van der Waals surface area contributed by atoms with E-state index in [1.54, 1.807) is 0 Å². The predicted molar refractivity (Wildman–Crippen MR) is 223 cm³/mol. The van der Waals surface area contributed by atoms with Gasteiger partial charge < -0.3 is 4.90 Å². The van der Waals surface area contributed by atoms with Crippen LogP contribution in [0.3, 0.4) is 0 Å². The van der Waals surface area contributed by atoms with Crippen LogP contribution >= 0.6 is 0 Å². The lowest BCUT2D eigenvalue weighted by Gasteiger charge is -2.17. The molecule has 0 radical (unpaired) electrons. The molecule has 0 N–H and O–H groups in total. The van der Waals surface area contributed by atoms with Gasteiger partial charge in [-0.1, -0.05) is 232 Å². The van der Waals surface area contributed by atoms with Gasteiger partial charge in [0, 0.05) is 0 Å². The lowest BCUT2D eigenvalue weighted by molar-refractivity contribution is 0.314. The van der Waals surface area contributed by atoms with Crippen LogP contribution in [0.25, 0.3) is 0 Å². The van der Waals surface area contributed by atoms with Gasteiger partial charge in [-0.25, -0.2) is 0 Å². The monoisotopic (exact) mass is 674 g/mol. The molecule has 48 heavy (non-hydrogen) atoms. The second kappa shape index (κ2) is 39.5. The first-order chi connectivity index (χ1) is 23.6. The summed E-state index contributed by atoms with van der Waals surface area (Å²) in [5.74, 6) is 2.01. The summed E-state index contributed by atoms with van der Waals surface area (Å²) in [6.07, 6.45) is 51.5. The molecule has 0 atom stereocenters. The quantitative estimate of drug-likeness (QED) is 0.0461. The van der Waals surface area contributed by atoms with Crippen molar-refractivity contribution in [3.8, 4) is 0 Å². The van der Waals surface area contributed by atoms with E-state index in [4.69, 9.17) is 0 Å². The Morgan fingerprint density at radius 3 is 1.00 bits per heavy atom. The fraction of sp³-hybridized carbons (Fsp3) is 0.957. The van der Waals surface area contributed by atoms with Crippen LogP contribution in [-0.2, 0) is 0 Å². The Kier molecular flexibility index (Phi) is 39.2. The largest absolute Gasteiger partial charge is 0.306 e. The highest BCUT2D eigenvalue weighted by Crippen LogP contribution is 2.26. The van der Waals surface area contributed by atoms with E-state index >= 15 is 0 Å². The maximum absolute atomic E-state index is 4.44. The van der Waals surface area contributed by atoms with Crippen molar-refractivity contribution in [3.05, 3.63) is 12.2 Å². The Morgan fingerprint density at radius 1 is 0.354 bits per heavy atom. The predicted octanol–water partition coefficient (Wildman–Crippen LogP) is 16.8. The first-order valence-corrected chi connectivity index (χ1v) is 22.9. The molecule has 0 aliphatic carbocycles. The lowest BCUT2D eigenvalue weighted by Crippen LogP contribution is -2.20. The third-order valence-electron chi connectivity index (χ3n) is 11.5. The van der Waals surface area contributed by atoms with Crippen LogP contribution in [0.1, 0.15) is 259 Å². The molecular weight excluding hydrogens is 579 g/mol. The van der Waals surface area contributed by atoms with Crippen LogP contribution in [0, 0.1) is 11.8 Å². The highest BCUT2D eigenvalue weighted by Gasteiger charge is 2.10. The number of rotatable bonds is 41. The van der Waals surface area contributed by atoms with Gasteiger partial charge in [0.15, 0.2) is 0 Å². The summed E-state index contributed by atoms with van der Waals surface area (Å²) >= 11 is 0. The molecule has 0 unspecified atom stereocenters. The normalized spacial score (nSPS) is 11.9. The minimum atomic E-state index is 0.978. The first kappa shape index (κ1) is 47.7. The highest BCUT2D eigenvalue weighted by atomic mass is 15.1. The molecule has 0 amide bonds. The fourth-order valence-electron chi connectivity index (χ4n) is 7.99. The maximum Gasteiger partial charge on any atom is -0.00218 e. The molecule has 0 spiro atoms. The zero-order valence-electron chi connectivity index (χ0n) is 34.7. The molecule has 0 bridgehead atoms. The fourth-order valence-corrected chi connectivity index (χ4v) is 7.99. The van der Waals surface area contributed by atoms with Crippen LogP contribution < -0.4 is 0 Å². The molecule has 0 aromatic rings. The van der Waals surface area contributed by atoms with E-state index in [1.807, 2.05) is 0 Å². The summed E-state index contributed by atoms with van der Waals surface area (Å²) < 4.78 is 0. The zero-order chi connectivity index (χ0) is 35.2. The standard InChI is InChI=1S/C47H95N/c1-7-11-26-37-46(38-27-12-8-2)41-31-23-19-17-15-16-18-20-24-32-43-48(6)44-33-25-21-22-30-35-45(5)36-34-42-47(39-28-13-9-3)40-29-14-10-4/h46-47H,5,7-44H2,1-4,6H3. The molecule has 0 saturated heterocycles. The van der Waals surface area contributed by atoms with Gasteiger partial charge in [-0.05, 0) is 70.5 Å². The Balaban J connectivity index is 3.58. The number of unbranched alkanes of at least 4 members (excludes halogenated alkanes) is 21. The third-order valence-corrected chi connectivity index (χ3v) is 11.5. The average molecular weight is 674 g/mol.